The Bertz CT molecular complexity index is 2920. The van der Waals surface area contributed by atoms with Crippen LogP contribution >= 0.6 is 0 Å². The predicted octanol–water partition coefficient (Wildman–Crippen LogP) is 9.81. The van der Waals surface area contributed by atoms with Crippen LogP contribution in [0.5, 0.6) is 0 Å². The van der Waals surface area contributed by atoms with Crippen molar-refractivity contribution in [3.05, 3.63) is 216 Å². The summed E-state index contributed by atoms with van der Waals surface area (Å²) in [7, 11) is -1.87. The molecule has 0 bridgehead atoms. The summed E-state index contributed by atoms with van der Waals surface area (Å²) < 4.78 is 107. The predicted molar refractivity (Wildman–Crippen MR) is 261 cm³/mol. The Morgan fingerprint density at radius 1 is 0.309 bits per heavy atom. The molecule has 0 saturated carbocycles. The van der Waals surface area contributed by atoms with E-state index in [1.807, 2.05) is 19.7 Å². The summed E-state index contributed by atoms with van der Waals surface area (Å²) in [6, 6.07) is 41.6. The van der Waals surface area contributed by atoms with E-state index in [4.69, 9.17) is 10.0 Å². The average molecular weight is 928 g/mol. The van der Waals surface area contributed by atoms with Gasteiger partial charge >= 0.3 is 20.9 Å². The van der Waals surface area contributed by atoms with E-state index >= 15 is 0 Å². The van der Waals surface area contributed by atoms with Crippen LogP contribution in [-0.4, -0.2) is 47.8 Å². The zero-order valence-electron chi connectivity index (χ0n) is 37.3. The lowest BCUT2D eigenvalue weighted by Gasteiger charge is -2.07. The summed E-state index contributed by atoms with van der Waals surface area (Å²) in [5.41, 5.74) is 5.66. The number of rotatable bonds is 8. The van der Waals surface area contributed by atoms with Gasteiger partial charge in [-0.25, -0.2) is 35.1 Å². The third-order valence-electron chi connectivity index (χ3n) is 10.5. The second-order valence-electron chi connectivity index (χ2n) is 15.8. The normalized spacial score (nSPS) is 10.4. The van der Waals surface area contributed by atoms with Crippen LogP contribution in [0.3, 0.4) is 0 Å². The highest BCUT2D eigenvalue weighted by Gasteiger charge is 2.18. The molecule has 0 spiro atoms. The van der Waals surface area contributed by atoms with Crippen LogP contribution in [-0.2, 0) is 0 Å². The highest BCUT2D eigenvalue weighted by Crippen LogP contribution is 2.25. The van der Waals surface area contributed by atoms with Gasteiger partial charge in [-0.3, -0.25) is 0 Å². The van der Waals surface area contributed by atoms with Crippen molar-refractivity contribution in [1.29, 1.82) is 0 Å². The largest absolute Gasteiger partial charge is 0.491 e. The Kier molecular flexibility index (Phi) is 18.7. The van der Waals surface area contributed by atoms with Crippen molar-refractivity contribution in [2.45, 2.75) is 27.3 Å². The number of benzene rings is 8. The summed E-state index contributed by atoms with van der Waals surface area (Å²) in [5.74, 6) is -3.34. The lowest BCUT2D eigenvalue weighted by molar-refractivity contribution is 0.423. The van der Waals surface area contributed by atoms with Gasteiger partial charge in [0, 0.05) is 16.6 Å². The van der Waals surface area contributed by atoms with Gasteiger partial charge in [0.1, 0.15) is 46.5 Å². The molecule has 0 atom stereocenters. The molecule has 0 amide bonds. The zero-order valence-corrected chi connectivity index (χ0v) is 37.3. The molecule has 0 aliphatic carbocycles. The molecule has 68 heavy (non-hydrogen) atoms. The molecule has 16 heteroatoms. The highest BCUT2D eigenvalue weighted by molar-refractivity contribution is 6.70. The first kappa shape index (κ1) is 52.3. The fourth-order valence-corrected chi connectivity index (χ4v) is 6.78. The first-order chi connectivity index (χ1) is 32.3. The van der Waals surface area contributed by atoms with E-state index in [0.717, 1.165) is 17.2 Å². The van der Waals surface area contributed by atoms with Crippen LogP contribution in [0.4, 0.5) is 35.1 Å². The molecule has 0 heterocycles. The minimum atomic E-state index is -1.87. The number of hydrogen-bond acceptors (Lipinski definition) is 4. The molecule has 0 unspecified atom stereocenters. The topological polar surface area (TPSA) is 80.9 Å². The van der Waals surface area contributed by atoms with E-state index in [9.17, 15) is 45.2 Å². The summed E-state index contributed by atoms with van der Waals surface area (Å²) in [6.07, 6.45) is 0. The lowest BCUT2D eigenvalue weighted by atomic mass is 9.49. The van der Waals surface area contributed by atoms with Gasteiger partial charge in [-0.15, -0.1) is 0 Å². The fourth-order valence-electron chi connectivity index (χ4n) is 6.78. The van der Waals surface area contributed by atoms with Crippen molar-refractivity contribution < 1.29 is 55.2 Å². The first-order valence-electron chi connectivity index (χ1n) is 21.3. The van der Waals surface area contributed by atoms with Crippen LogP contribution < -0.4 is 21.9 Å². The SMILES string of the molecule is CB(C)c1ccc(-c2ccc(F)cc2)cc1F.CB(O)c1ccc(-c2ccc(F)cc2)c(F)c1.CB(O)c1ccc(-c2cccc(F)c2)cc1F.OB(O)c1ccc(-c2ccccc2F)cc1F. The Balaban J connectivity index is 0.000000169. The van der Waals surface area contributed by atoms with Crippen molar-refractivity contribution in [3.8, 4) is 44.5 Å². The van der Waals surface area contributed by atoms with E-state index in [-0.39, 0.29) is 46.5 Å². The van der Waals surface area contributed by atoms with Gasteiger partial charge in [0.15, 0.2) is 6.71 Å². The van der Waals surface area contributed by atoms with Crippen LogP contribution in [0.25, 0.3) is 44.5 Å². The second kappa shape index (κ2) is 24.4. The van der Waals surface area contributed by atoms with E-state index in [1.165, 1.54) is 104 Å². The van der Waals surface area contributed by atoms with E-state index in [2.05, 4.69) is 0 Å². The first-order valence-corrected chi connectivity index (χ1v) is 21.3. The molecule has 4 N–H and O–H groups in total. The second-order valence-corrected chi connectivity index (χ2v) is 15.8. The monoisotopic (exact) mass is 928 g/mol. The van der Waals surface area contributed by atoms with Crippen LogP contribution in [0.15, 0.2) is 170 Å². The molecule has 0 aliphatic rings. The highest BCUT2D eigenvalue weighted by atomic mass is 19.2. The quantitative estimate of drug-likeness (QED) is 0.0905. The molecule has 0 saturated heterocycles. The maximum atomic E-state index is 13.8. The standard InChI is InChI=1S/C14H13BF2.2C13H11BF2O.C12H9BF2O2/c1-15(2)13-8-5-11(9-14(13)17)10-3-6-12(16)7-4-10;1-14(17)10-4-7-12(13(16)8-10)9-2-5-11(15)6-3-9;1-14(17)12-6-5-10(8-13(12)16)9-3-2-4-11(15)7-9;14-11-4-2-1-3-9(11)8-5-6-10(13(16)17)12(15)7-8/h3-9H,1-2H3;2*2-8,17H,1H3;1-7,16-17H. The third kappa shape index (κ3) is 14.4. The molecule has 0 aliphatic heterocycles. The van der Waals surface area contributed by atoms with Crippen molar-refractivity contribution >= 4 is 49.5 Å². The maximum Gasteiger partial charge on any atom is 0.491 e. The molecular formula is C52H44B4F8O4. The van der Waals surface area contributed by atoms with E-state index in [0.29, 0.717) is 38.7 Å². The van der Waals surface area contributed by atoms with Crippen LogP contribution in [0.1, 0.15) is 0 Å². The van der Waals surface area contributed by atoms with Gasteiger partial charge in [-0.05, 0) is 116 Å². The average Bonchev–Trinajstić information content (AvgIpc) is 3.30. The molecule has 8 aromatic rings. The molecule has 8 rings (SSSR count). The molecule has 0 aromatic heterocycles. The summed E-state index contributed by atoms with van der Waals surface area (Å²) in [5, 5.41) is 36.4. The van der Waals surface area contributed by atoms with Crippen molar-refractivity contribution in [2.24, 2.45) is 0 Å². The Labute approximate surface area is 391 Å². The Morgan fingerprint density at radius 3 is 1.28 bits per heavy atom. The van der Waals surface area contributed by atoms with E-state index < -0.39 is 44.2 Å². The fraction of sp³-hybridized carbons (Fsp3) is 0.0769. The molecule has 8 aromatic carbocycles. The van der Waals surface area contributed by atoms with Crippen LogP contribution in [0.2, 0.25) is 27.3 Å². The molecule has 0 radical (unpaired) electrons. The summed E-state index contributed by atoms with van der Waals surface area (Å²) in [4.78, 5) is 0. The summed E-state index contributed by atoms with van der Waals surface area (Å²) >= 11 is 0. The minimum Gasteiger partial charge on any atom is -0.446 e. The lowest BCUT2D eigenvalue weighted by Crippen LogP contribution is -2.32. The van der Waals surface area contributed by atoms with Crippen molar-refractivity contribution in [3.63, 3.8) is 0 Å². The molecular weight excluding hydrogens is 884 g/mol. The van der Waals surface area contributed by atoms with Crippen molar-refractivity contribution in [2.75, 3.05) is 0 Å². The minimum absolute atomic E-state index is 0.164. The summed E-state index contributed by atoms with van der Waals surface area (Å²) in [6.45, 7) is 5.60. The number of hydrogen-bond donors (Lipinski definition) is 4. The molecule has 0 fully saturated rings. The van der Waals surface area contributed by atoms with Gasteiger partial charge < -0.3 is 20.1 Å². The smallest absolute Gasteiger partial charge is 0.446 e. The van der Waals surface area contributed by atoms with Gasteiger partial charge in [0.25, 0.3) is 0 Å². The van der Waals surface area contributed by atoms with Gasteiger partial charge in [0.05, 0.1) is 0 Å². The maximum absolute atomic E-state index is 13.8. The zero-order chi connectivity index (χ0) is 49.7. The van der Waals surface area contributed by atoms with Crippen molar-refractivity contribution in [1.82, 2.24) is 0 Å². The van der Waals surface area contributed by atoms with Gasteiger partial charge in [-0.1, -0.05) is 130 Å². The number of halogens is 8. The van der Waals surface area contributed by atoms with Gasteiger partial charge in [-0.2, -0.15) is 0 Å². The third-order valence-corrected chi connectivity index (χ3v) is 10.5. The molecule has 344 valence electrons. The Morgan fingerprint density at radius 2 is 0.779 bits per heavy atom. The van der Waals surface area contributed by atoms with Crippen LogP contribution in [0, 0.1) is 46.5 Å². The Hall–Kier alpha value is -6.70. The van der Waals surface area contributed by atoms with E-state index in [1.54, 1.807) is 67.5 Å². The van der Waals surface area contributed by atoms with Gasteiger partial charge in [0.2, 0.25) is 0 Å². The molecule has 4 nitrogen and oxygen atoms in total.